The summed E-state index contributed by atoms with van der Waals surface area (Å²) in [6, 6.07) is 19.0. The zero-order valence-electron chi connectivity index (χ0n) is 18.1. The van der Waals surface area contributed by atoms with Crippen LogP contribution in [0.2, 0.25) is 5.02 Å². The fourth-order valence-corrected chi connectivity index (χ4v) is 3.77. The van der Waals surface area contributed by atoms with E-state index in [9.17, 15) is 14.4 Å². The van der Waals surface area contributed by atoms with Gasteiger partial charge in [0.1, 0.15) is 17.9 Å². The van der Waals surface area contributed by atoms with Gasteiger partial charge in [0.2, 0.25) is 0 Å². The fourth-order valence-electron chi connectivity index (χ4n) is 3.55. The Balaban J connectivity index is 1.54. The van der Waals surface area contributed by atoms with Crippen LogP contribution in [0.4, 0.5) is 10.5 Å². The molecule has 0 atom stereocenters. The first-order valence-electron chi connectivity index (χ1n) is 10.3. The summed E-state index contributed by atoms with van der Waals surface area (Å²) in [5.41, 5.74) is 3.64. The molecule has 1 saturated heterocycles. The first-order valence-corrected chi connectivity index (χ1v) is 10.7. The molecule has 0 spiro atoms. The maximum Gasteiger partial charge on any atom is 0.335 e. The smallest absolute Gasteiger partial charge is 0.335 e. The predicted octanol–water partition coefficient (Wildman–Crippen LogP) is 5.20. The lowest BCUT2D eigenvalue weighted by Gasteiger charge is -2.27. The van der Waals surface area contributed by atoms with Gasteiger partial charge in [-0.2, -0.15) is 0 Å². The number of barbiturate groups is 1. The lowest BCUT2D eigenvalue weighted by atomic mass is 10.0. The van der Waals surface area contributed by atoms with Gasteiger partial charge in [-0.05, 0) is 66.9 Å². The van der Waals surface area contributed by atoms with Gasteiger partial charge in [0.05, 0.1) is 5.69 Å². The first-order chi connectivity index (χ1) is 15.8. The molecule has 1 aliphatic heterocycles. The Labute approximate surface area is 196 Å². The van der Waals surface area contributed by atoms with Gasteiger partial charge in [-0.15, -0.1) is 0 Å². The molecular weight excluding hydrogens is 440 g/mol. The highest BCUT2D eigenvalue weighted by molar-refractivity contribution is 6.39. The topological polar surface area (TPSA) is 75.7 Å². The number of benzene rings is 3. The quantitative estimate of drug-likeness (QED) is 0.419. The average molecular weight is 461 g/mol. The second-order valence-electron chi connectivity index (χ2n) is 7.74. The van der Waals surface area contributed by atoms with Gasteiger partial charge in [0.15, 0.2) is 0 Å². The van der Waals surface area contributed by atoms with Gasteiger partial charge in [-0.1, -0.05) is 53.6 Å². The van der Waals surface area contributed by atoms with Gasteiger partial charge in [0, 0.05) is 5.02 Å². The second-order valence-corrected chi connectivity index (χ2v) is 8.17. The minimum Gasteiger partial charge on any atom is -0.489 e. The molecule has 1 N–H and O–H groups in total. The van der Waals surface area contributed by atoms with Crippen LogP contribution in [0, 0.1) is 13.8 Å². The number of anilines is 1. The summed E-state index contributed by atoms with van der Waals surface area (Å²) in [6.07, 6.45) is 1.46. The van der Waals surface area contributed by atoms with Crippen molar-refractivity contribution in [3.63, 3.8) is 0 Å². The maximum absolute atomic E-state index is 13.1. The van der Waals surface area contributed by atoms with Crippen molar-refractivity contribution in [1.82, 2.24) is 5.32 Å². The summed E-state index contributed by atoms with van der Waals surface area (Å²) in [4.78, 5) is 38.9. The molecule has 1 heterocycles. The van der Waals surface area contributed by atoms with E-state index in [1.807, 2.05) is 44.2 Å². The molecule has 6 nitrogen and oxygen atoms in total. The Morgan fingerprint density at radius 2 is 1.73 bits per heavy atom. The lowest BCUT2D eigenvalue weighted by molar-refractivity contribution is -0.122. The monoisotopic (exact) mass is 460 g/mol. The molecule has 33 heavy (non-hydrogen) atoms. The first kappa shape index (κ1) is 22.3. The standard InChI is InChI=1S/C26H21ClN2O4/c1-16-6-11-23(17(2)12-16)29-25(31)22(24(30)28-26(29)32)14-18-7-9-21(10-8-18)33-15-19-4-3-5-20(27)13-19/h3-14H,15H2,1-2H3,(H,28,30,32)/b22-14+. The molecule has 0 aliphatic carbocycles. The molecule has 1 aliphatic rings. The Bertz CT molecular complexity index is 1280. The SMILES string of the molecule is Cc1ccc(N2C(=O)NC(=O)/C(=C\c3ccc(OCc4cccc(Cl)c4)cc3)C2=O)c(C)c1. The molecule has 1 fully saturated rings. The van der Waals surface area contributed by atoms with Crippen LogP contribution in [0.25, 0.3) is 6.08 Å². The van der Waals surface area contributed by atoms with Crippen LogP contribution in [0.5, 0.6) is 5.75 Å². The van der Waals surface area contributed by atoms with Crippen LogP contribution >= 0.6 is 11.6 Å². The minimum absolute atomic E-state index is 0.123. The van der Waals surface area contributed by atoms with Gasteiger partial charge >= 0.3 is 6.03 Å². The van der Waals surface area contributed by atoms with E-state index in [0.717, 1.165) is 21.6 Å². The molecule has 0 saturated carbocycles. The molecule has 0 unspecified atom stereocenters. The van der Waals surface area contributed by atoms with Gasteiger partial charge in [0.25, 0.3) is 11.8 Å². The summed E-state index contributed by atoms with van der Waals surface area (Å²) in [5, 5.41) is 2.89. The van der Waals surface area contributed by atoms with Crippen molar-refractivity contribution < 1.29 is 19.1 Å². The Kier molecular flexibility index (Phi) is 6.29. The molecule has 0 bridgehead atoms. The van der Waals surface area contributed by atoms with Crippen LogP contribution in [-0.4, -0.2) is 17.8 Å². The molecular formula is C26H21ClN2O4. The minimum atomic E-state index is -0.765. The number of amides is 4. The van der Waals surface area contributed by atoms with E-state index in [1.54, 1.807) is 36.4 Å². The molecule has 3 aromatic carbocycles. The molecule has 4 amide bonds. The highest BCUT2D eigenvalue weighted by Crippen LogP contribution is 2.26. The van der Waals surface area contributed by atoms with E-state index in [1.165, 1.54) is 6.08 Å². The number of urea groups is 1. The molecule has 3 aromatic rings. The summed E-state index contributed by atoms with van der Waals surface area (Å²) in [5.74, 6) is -0.770. The van der Waals surface area contributed by atoms with Gasteiger partial charge < -0.3 is 4.74 Å². The number of imide groups is 2. The number of hydrogen-bond acceptors (Lipinski definition) is 4. The number of ether oxygens (including phenoxy) is 1. The van der Waals surface area contributed by atoms with Crippen molar-refractivity contribution in [2.24, 2.45) is 0 Å². The second kappa shape index (κ2) is 9.30. The molecule has 0 aromatic heterocycles. The number of aryl methyl sites for hydroxylation is 2. The molecule has 0 radical (unpaired) electrons. The Morgan fingerprint density at radius 3 is 2.42 bits per heavy atom. The Morgan fingerprint density at radius 1 is 0.970 bits per heavy atom. The van der Waals surface area contributed by atoms with E-state index in [0.29, 0.717) is 28.6 Å². The number of nitrogens with zero attached hydrogens (tertiary/aromatic N) is 1. The number of carbonyl (C=O) groups excluding carboxylic acids is 3. The number of hydrogen-bond donors (Lipinski definition) is 1. The number of rotatable bonds is 5. The van der Waals surface area contributed by atoms with Crippen LogP contribution < -0.4 is 15.0 Å². The van der Waals surface area contributed by atoms with E-state index >= 15 is 0 Å². The molecule has 4 rings (SSSR count). The van der Waals surface area contributed by atoms with Crippen molar-refractivity contribution >= 4 is 41.2 Å². The number of nitrogens with one attached hydrogen (secondary N) is 1. The predicted molar refractivity (Wildman–Crippen MR) is 127 cm³/mol. The van der Waals surface area contributed by atoms with E-state index in [2.05, 4.69) is 5.32 Å². The van der Waals surface area contributed by atoms with Crippen LogP contribution in [0.1, 0.15) is 22.3 Å². The van der Waals surface area contributed by atoms with Crippen LogP contribution in [0.15, 0.2) is 72.3 Å². The summed E-state index contributed by atoms with van der Waals surface area (Å²) in [6.45, 7) is 4.09. The third kappa shape index (κ3) is 4.96. The maximum atomic E-state index is 13.1. The van der Waals surface area contributed by atoms with Crippen molar-refractivity contribution in [2.75, 3.05) is 4.90 Å². The van der Waals surface area contributed by atoms with Crippen LogP contribution in [-0.2, 0) is 16.2 Å². The summed E-state index contributed by atoms with van der Waals surface area (Å²) >= 11 is 5.99. The van der Waals surface area contributed by atoms with Gasteiger partial charge in [-0.25, -0.2) is 9.69 Å². The van der Waals surface area contributed by atoms with Crippen molar-refractivity contribution in [3.8, 4) is 5.75 Å². The molecule has 7 heteroatoms. The zero-order valence-corrected chi connectivity index (χ0v) is 18.8. The van der Waals surface area contributed by atoms with Crippen LogP contribution in [0.3, 0.4) is 0 Å². The highest BCUT2D eigenvalue weighted by atomic mass is 35.5. The van der Waals surface area contributed by atoms with E-state index in [-0.39, 0.29) is 5.57 Å². The normalized spacial score (nSPS) is 15.1. The fraction of sp³-hybridized carbons (Fsp3) is 0.115. The summed E-state index contributed by atoms with van der Waals surface area (Å²) in [7, 11) is 0. The van der Waals surface area contributed by atoms with Gasteiger partial charge in [-0.3, -0.25) is 14.9 Å². The largest absolute Gasteiger partial charge is 0.489 e. The van der Waals surface area contributed by atoms with E-state index < -0.39 is 17.8 Å². The zero-order chi connectivity index (χ0) is 23.5. The number of carbonyl (C=O) groups is 3. The lowest BCUT2D eigenvalue weighted by Crippen LogP contribution is -2.54. The average Bonchev–Trinajstić information content (AvgIpc) is 2.77. The number of halogens is 1. The Hall–Kier alpha value is -3.90. The van der Waals surface area contributed by atoms with E-state index in [4.69, 9.17) is 16.3 Å². The van der Waals surface area contributed by atoms with Crippen molar-refractivity contribution in [2.45, 2.75) is 20.5 Å². The summed E-state index contributed by atoms with van der Waals surface area (Å²) < 4.78 is 5.77. The highest BCUT2D eigenvalue weighted by Gasteiger charge is 2.37. The van der Waals surface area contributed by atoms with Crippen molar-refractivity contribution in [1.29, 1.82) is 0 Å². The molecule has 166 valence electrons. The third-order valence-corrected chi connectivity index (χ3v) is 5.42. The third-order valence-electron chi connectivity index (χ3n) is 5.18. The van der Waals surface area contributed by atoms with Crippen molar-refractivity contribution in [3.05, 3.63) is 99.6 Å².